The van der Waals surface area contributed by atoms with E-state index in [4.69, 9.17) is 0 Å². The molecule has 5 rings (SSSR count). The molecule has 1 aliphatic carbocycles. The van der Waals surface area contributed by atoms with Gasteiger partial charge in [-0.3, -0.25) is 4.79 Å². The summed E-state index contributed by atoms with van der Waals surface area (Å²) >= 11 is 0. The zero-order chi connectivity index (χ0) is 30.9. The second-order valence-corrected chi connectivity index (χ2v) is 13.1. The van der Waals surface area contributed by atoms with E-state index in [1.165, 1.54) is 7.05 Å². The van der Waals surface area contributed by atoms with Gasteiger partial charge in [0, 0.05) is 30.5 Å². The number of hydrogen-bond acceptors (Lipinski definition) is 8. The second-order valence-electron chi connectivity index (χ2n) is 11.1. The van der Waals surface area contributed by atoms with Gasteiger partial charge in [0.2, 0.25) is 16.0 Å². The first kappa shape index (κ1) is 30.7. The van der Waals surface area contributed by atoms with E-state index in [0.717, 1.165) is 42.1 Å². The van der Waals surface area contributed by atoms with Crippen LogP contribution < -0.4 is 16.0 Å². The fraction of sp³-hybridized carbons (Fsp3) is 0.414. The Kier molecular flexibility index (Phi) is 8.63. The summed E-state index contributed by atoms with van der Waals surface area (Å²) in [6.07, 6.45) is -1.03. The number of likely N-dealkylation sites (tertiary alicyclic amines) is 1. The number of fused-ring (bicyclic) bond motifs is 1. The lowest BCUT2D eigenvalue weighted by Gasteiger charge is -2.30. The SMILES string of the molecule is CN1CCC(NC(=O)c2cccc(Nc3ncc(C(F)(F)F)c(N[C@@H]4Cc5ccccc5[C@H]4N(C)S(C)(=O)=O)n3)c2)CC1. The Hall–Kier alpha value is -3.75. The molecule has 2 aromatic carbocycles. The quantitative estimate of drug-likeness (QED) is 0.347. The van der Waals surface area contributed by atoms with E-state index in [0.29, 0.717) is 29.4 Å². The lowest BCUT2D eigenvalue weighted by atomic mass is 10.0. The summed E-state index contributed by atoms with van der Waals surface area (Å²) in [7, 11) is -0.228. The number of halogens is 3. The molecule has 2 atom stereocenters. The third-order valence-corrected chi connectivity index (χ3v) is 9.23. The number of likely N-dealkylation sites (N-methyl/N-ethyl adjacent to an activating group) is 1. The van der Waals surface area contributed by atoms with Crippen molar-refractivity contribution in [1.29, 1.82) is 0 Å². The third kappa shape index (κ3) is 7.08. The lowest BCUT2D eigenvalue weighted by Crippen LogP contribution is -2.43. The minimum absolute atomic E-state index is 0.0690. The molecule has 43 heavy (non-hydrogen) atoms. The number of aromatic nitrogens is 2. The van der Waals surface area contributed by atoms with Crippen LogP contribution >= 0.6 is 0 Å². The van der Waals surface area contributed by atoms with Crippen molar-refractivity contribution in [1.82, 2.24) is 24.5 Å². The molecule has 10 nitrogen and oxygen atoms in total. The molecule has 2 heterocycles. The van der Waals surface area contributed by atoms with E-state index in [-0.39, 0.29) is 17.9 Å². The number of carbonyl (C=O) groups excluding carboxylic acids is 1. The monoisotopic (exact) mass is 617 g/mol. The standard InChI is InChI=1S/C29H34F3N7O3S/c1-38-13-11-20(12-14-38)34-27(40)19-8-6-9-21(15-19)35-28-33-17-23(29(30,31)32)26(37-28)36-24-16-18-7-4-5-10-22(18)25(24)39(2)43(3,41)42/h4-10,15,17,20,24-25H,11-14,16H2,1-3H3,(H,34,40)(H2,33,35,36,37)/t24-,25-/m1/s1. The normalized spacial score (nSPS) is 19.7. The number of amides is 1. The first-order valence-electron chi connectivity index (χ1n) is 13.9. The van der Waals surface area contributed by atoms with Crippen LogP contribution in [0.15, 0.2) is 54.7 Å². The van der Waals surface area contributed by atoms with Gasteiger partial charge in [0.25, 0.3) is 5.91 Å². The lowest BCUT2D eigenvalue weighted by molar-refractivity contribution is -0.137. The van der Waals surface area contributed by atoms with Crippen molar-refractivity contribution in [3.8, 4) is 0 Å². The molecule has 1 fully saturated rings. The van der Waals surface area contributed by atoms with Crippen molar-refractivity contribution in [2.45, 2.75) is 43.6 Å². The molecule has 0 bridgehead atoms. The number of carbonyl (C=O) groups is 1. The van der Waals surface area contributed by atoms with Crippen LogP contribution in [0.3, 0.4) is 0 Å². The predicted molar refractivity (Wildman–Crippen MR) is 158 cm³/mol. The molecule has 0 unspecified atom stereocenters. The van der Waals surface area contributed by atoms with Crippen LogP contribution in [-0.2, 0) is 22.6 Å². The molecule has 14 heteroatoms. The Morgan fingerprint density at radius 3 is 2.51 bits per heavy atom. The second kappa shape index (κ2) is 12.1. The average molecular weight is 618 g/mol. The Bertz CT molecular complexity index is 1590. The number of sulfonamides is 1. The topological polar surface area (TPSA) is 120 Å². The number of nitrogens with one attached hydrogen (secondary N) is 3. The van der Waals surface area contributed by atoms with Crippen molar-refractivity contribution < 1.29 is 26.4 Å². The van der Waals surface area contributed by atoms with Crippen LogP contribution in [0.2, 0.25) is 0 Å². The first-order valence-corrected chi connectivity index (χ1v) is 15.7. The number of rotatable bonds is 8. The van der Waals surface area contributed by atoms with E-state index in [1.807, 2.05) is 13.1 Å². The molecule has 0 saturated carbocycles. The van der Waals surface area contributed by atoms with Gasteiger partial charge in [-0.2, -0.15) is 22.5 Å². The Morgan fingerprint density at radius 1 is 1.09 bits per heavy atom. The maximum Gasteiger partial charge on any atom is 0.421 e. The number of anilines is 3. The van der Waals surface area contributed by atoms with Crippen molar-refractivity contribution >= 4 is 33.4 Å². The maximum absolute atomic E-state index is 14.1. The fourth-order valence-corrected chi connectivity index (χ4v) is 6.26. The zero-order valence-electron chi connectivity index (χ0n) is 24.0. The molecule has 1 amide bonds. The van der Waals surface area contributed by atoms with Crippen molar-refractivity contribution in [3.63, 3.8) is 0 Å². The maximum atomic E-state index is 14.1. The van der Waals surface area contributed by atoms with Crippen LogP contribution in [0.5, 0.6) is 0 Å². The average Bonchev–Trinajstić information content (AvgIpc) is 3.30. The number of hydrogen-bond donors (Lipinski definition) is 3. The highest BCUT2D eigenvalue weighted by molar-refractivity contribution is 7.88. The van der Waals surface area contributed by atoms with Gasteiger partial charge in [-0.05, 0) is 68.7 Å². The third-order valence-electron chi connectivity index (χ3n) is 7.96. The number of alkyl halides is 3. The van der Waals surface area contributed by atoms with E-state index >= 15 is 0 Å². The van der Waals surface area contributed by atoms with Crippen LogP contribution in [0.25, 0.3) is 0 Å². The highest BCUT2D eigenvalue weighted by atomic mass is 32.2. The number of benzene rings is 2. The minimum Gasteiger partial charge on any atom is -0.364 e. The molecule has 230 valence electrons. The number of nitrogens with zero attached hydrogens (tertiary/aromatic N) is 4. The van der Waals surface area contributed by atoms with Gasteiger partial charge in [-0.1, -0.05) is 30.3 Å². The summed E-state index contributed by atoms with van der Waals surface area (Å²) in [6, 6.07) is 12.3. The van der Waals surface area contributed by atoms with Crippen LogP contribution in [0, 0.1) is 0 Å². The van der Waals surface area contributed by atoms with Crippen LogP contribution in [0.1, 0.15) is 45.9 Å². The molecule has 0 spiro atoms. The van der Waals surface area contributed by atoms with Crippen molar-refractivity contribution in [2.75, 3.05) is 44.1 Å². The minimum atomic E-state index is -4.77. The summed E-state index contributed by atoms with van der Waals surface area (Å²) in [5.41, 5.74) is 1.27. The Labute approximate surface area is 248 Å². The molecule has 1 saturated heterocycles. The van der Waals surface area contributed by atoms with Gasteiger partial charge in [0.1, 0.15) is 11.4 Å². The molecule has 3 aromatic rings. The van der Waals surface area contributed by atoms with Gasteiger partial charge in [0.05, 0.1) is 18.3 Å². The Morgan fingerprint density at radius 2 is 1.81 bits per heavy atom. The molecule has 0 radical (unpaired) electrons. The van der Waals surface area contributed by atoms with Crippen molar-refractivity contribution in [3.05, 3.63) is 77.0 Å². The van der Waals surface area contributed by atoms with E-state index in [2.05, 4.69) is 30.8 Å². The molecule has 1 aliphatic heterocycles. The molecule has 3 N–H and O–H groups in total. The molecule has 1 aromatic heterocycles. The van der Waals surface area contributed by atoms with Gasteiger partial charge in [-0.15, -0.1) is 0 Å². The smallest absolute Gasteiger partial charge is 0.364 e. The van der Waals surface area contributed by atoms with Crippen LogP contribution in [0.4, 0.5) is 30.6 Å². The highest BCUT2D eigenvalue weighted by Gasteiger charge is 2.41. The summed E-state index contributed by atoms with van der Waals surface area (Å²) in [4.78, 5) is 23.1. The van der Waals surface area contributed by atoms with E-state index in [1.54, 1.807) is 42.5 Å². The molecule has 2 aliphatic rings. The van der Waals surface area contributed by atoms with E-state index in [9.17, 15) is 26.4 Å². The highest BCUT2D eigenvalue weighted by Crippen LogP contribution is 2.40. The molecular formula is C29H34F3N7O3S. The van der Waals surface area contributed by atoms with Gasteiger partial charge in [0.15, 0.2) is 0 Å². The number of piperidine rings is 1. The summed E-state index contributed by atoms with van der Waals surface area (Å²) < 4.78 is 68.2. The molecular weight excluding hydrogens is 583 g/mol. The predicted octanol–water partition coefficient (Wildman–Crippen LogP) is 4.03. The summed E-state index contributed by atoms with van der Waals surface area (Å²) in [5.74, 6) is -0.839. The van der Waals surface area contributed by atoms with Crippen molar-refractivity contribution in [2.24, 2.45) is 0 Å². The van der Waals surface area contributed by atoms with Gasteiger partial charge in [-0.25, -0.2) is 13.4 Å². The largest absolute Gasteiger partial charge is 0.421 e. The first-order chi connectivity index (χ1) is 20.3. The van der Waals surface area contributed by atoms with Gasteiger partial charge >= 0.3 is 6.18 Å². The fourth-order valence-electron chi connectivity index (χ4n) is 5.58. The zero-order valence-corrected chi connectivity index (χ0v) is 24.8. The summed E-state index contributed by atoms with van der Waals surface area (Å²) in [5, 5.41) is 8.84. The van der Waals surface area contributed by atoms with Crippen LogP contribution in [-0.4, -0.2) is 79.0 Å². The summed E-state index contributed by atoms with van der Waals surface area (Å²) in [6.45, 7) is 1.79. The van der Waals surface area contributed by atoms with Gasteiger partial charge < -0.3 is 20.9 Å². The Balaban J connectivity index is 1.39. The van der Waals surface area contributed by atoms with E-state index < -0.39 is 39.7 Å².